The monoisotopic (exact) mass is 398 g/mol. The van der Waals surface area contributed by atoms with E-state index in [4.69, 9.17) is 14.2 Å². The lowest BCUT2D eigenvalue weighted by atomic mass is 9.91. The van der Waals surface area contributed by atoms with Crippen molar-refractivity contribution in [3.05, 3.63) is 53.6 Å². The standard InChI is InChI=1S/C21H22N2O6/c1-13-3-6-16(7-4-13)27-11-15(24)10-23-19(25)21(2,22-20(23)26)14-5-8-17-18(9-14)29-12-28-17/h3-9,15,24H,10-12H2,1-2H3,(H,22,26). The van der Waals surface area contributed by atoms with Crippen LogP contribution in [-0.4, -0.2) is 48.0 Å². The first-order chi connectivity index (χ1) is 13.9. The van der Waals surface area contributed by atoms with E-state index in [0.29, 0.717) is 22.8 Å². The summed E-state index contributed by atoms with van der Waals surface area (Å²) >= 11 is 0. The zero-order valence-electron chi connectivity index (χ0n) is 16.2. The van der Waals surface area contributed by atoms with Crippen molar-refractivity contribution in [1.82, 2.24) is 10.2 Å². The molecule has 29 heavy (non-hydrogen) atoms. The fourth-order valence-electron chi connectivity index (χ4n) is 3.36. The minimum atomic E-state index is -1.25. The minimum Gasteiger partial charge on any atom is -0.491 e. The predicted octanol–water partition coefficient (Wildman–Crippen LogP) is 1.93. The van der Waals surface area contributed by atoms with Crippen LogP contribution < -0.4 is 19.5 Å². The number of amides is 3. The number of nitrogens with zero attached hydrogens (tertiary/aromatic N) is 1. The zero-order chi connectivity index (χ0) is 20.6. The first kappa shape index (κ1) is 19.1. The molecule has 2 heterocycles. The van der Waals surface area contributed by atoms with E-state index in [1.807, 2.05) is 19.1 Å². The molecule has 0 aromatic heterocycles. The number of carbonyl (C=O) groups is 2. The second-order valence-electron chi connectivity index (χ2n) is 7.32. The van der Waals surface area contributed by atoms with Gasteiger partial charge in [0.2, 0.25) is 6.79 Å². The van der Waals surface area contributed by atoms with Crippen molar-refractivity contribution in [2.45, 2.75) is 25.5 Å². The molecule has 2 aromatic carbocycles. The normalized spacial score (nSPS) is 21.3. The highest BCUT2D eigenvalue weighted by molar-refractivity contribution is 6.07. The third-order valence-corrected chi connectivity index (χ3v) is 5.08. The van der Waals surface area contributed by atoms with E-state index in [2.05, 4.69) is 5.32 Å². The number of benzene rings is 2. The number of aryl methyl sites for hydroxylation is 1. The summed E-state index contributed by atoms with van der Waals surface area (Å²) in [6.45, 7) is 3.50. The summed E-state index contributed by atoms with van der Waals surface area (Å²) < 4.78 is 16.2. The molecule has 8 nitrogen and oxygen atoms in total. The molecule has 0 radical (unpaired) electrons. The second-order valence-corrected chi connectivity index (χ2v) is 7.32. The molecule has 2 aliphatic heterocycles. The van der Waals surface area contributed by atoms with E-state index >= 15 is 0 Å². The number of hydrogen-bond acceptors (Lipinski definition) is 6. The maximum Gasteiger partial charge on any atom is 0.325 e. The summed E-state index contributed by atoms with van der Waals surface area (Å²) in [7, 11) is 0. The second kappa shape index (κ2) is 7.29. The van der Waals surface area contributed by atoms with Crippen LogP contribution in [0.15, 0.2) is 42.5 Å². The number of ether oxygens (including phenoxy) is 3. The lowest BCUT2D eigenvalue weighted by Crippen LogP contribution is -2.42. The van der Waals surface area contributed by atoms with Gasteiger partial charge in [0.05, 0.1) is 6.54 Å². The van der Waals surface area contributed by atoms with Crippen LogP contribution in [-0.2, 0) is 10.3 Å². The minimum absolute atomic E-state index is 0.0408. The van der Waals surface area contributed by atoms with E-state index in [-0.39, 0.29) is 19.9 Å². The molecule has 4 rings (SSSR count). The molecule has 3 amide bonds. The fraction of sp³-hybridized carbons (Fsp3) is 0.333. The summed E-state index contributed by atoms with van der Waals surface area (Å²) in [6.07, 6.45) is -1.02. The predicted molar refractivity (Wildman–Crippen MR) is 103 cm³/mol. The number of urea groups is 1. The van der Waals surface area contributed by atoms with Gasteiger partial charge in [-0.05, 0) is 43.7 Å². The first-order valence-corrected chi connectivity index (χ1v) is 9.28. The average molecular weight is 398 g/mol. The Labute approximate surface area is 168 Å². The Morgan fingerprint density at radius 1 is 1.17 bits per heavy atom. The van der Waals surface area contributed by atoms with E-state index < -0.39 is 23.6 Å². The lowest BCUT2D eigenvalue weighted by Gasteiger charge is -2.23. The summed E-state index contributed by atoms with van der Waals surface area (Å²) in [5, 5.41) is 13.0. The number of aliphatic hydroxyl groups is 1. The van der Waals surface area contributed by atoms with E-state index in [1.165, 1.54) is 0 Å². The Hall–Kier alpha value is -3.26. The largest absolute Gasteiger partial charge is 0.491 e. The van der Waals surface area contributed by atoms with Gasteiger partial charge >= 0.3 is 6.03 Å². The Morgan fingerprint density at radius 3 is 2.66 bits per heavy atom. The van der Waals surface area contributed by atoms with Gasteiger partial charge in [-0.25, -0.2) is 4.79 Å². The van der Waals surface area contributed by atoms with Crippen molar-refractivity contribution in [3.8, 4) is 17.2 Å². The third kappa shape index (κ3) is 3.58. The van der Waals surface area contributed by atoms with Crippen LogP contribution in [0.3, 0.4) is 0 Å². The number of β-amino-alcohol motifs (C(OH)–C–C–N with tert-alkyl or cyclic N) is 1. The molecule has 8 heteroatoms. The number of rotatable bonds is 6. The van der Waals surface area contributed by atoms with Crippen molar-refractivity contribution in [3.63, 3.8) is 0 Å². The number of hydrogen-bond donors (Lipinski definition) is 2. The number of carbonyl (C=O) groups excluding carboxylic acids is 2. The quantitative estimate of drug-likeness (QED) is 0.722. The Balaban J connectivity index is 1.43. The molecule has 2 atom stereocenters. The Bertz CT molecular complexity index is 945. The van der Waals surface area contributed by atoms with Crippen LogP contribution >= 0.6 is 0 Å². The van der Waals surface area contributed by atoms with Crippen molar-refractivity contribution < 1.29 is 28.9 Å². The number of fused-ring (bicyclic) bond motifs is 1. The van der Waals surface area contributed by atoms with Gasteiger partial charge in [0, 0.05) is 0 Å². The number of nitrogens with one attached hydrogen (secondary N) is 1. The number of imide groups is 1. The van der Waals surface area contributed by atoms with E-state index in [1.54, 1.807) is 37.3 Å². The number of aliphatic hydroxyl groups excluding tert-OH is 1. The van der Waals surface area contributed by atoms with Gasteiger partial charge in [-0.15, -0.1) is 0 Å². The van der Waals surface area contributed by atoms with Gasteiger partial charge < -0.3 is 24.6 Å². The molecule has 2 aromatic rings. The highest BCUT2D eigenvalue weighted by atomic mass is 16.7. The molecule has 2 N–H and O–H groups in total. The van der Waals surface area contributed by atoms with Crippen molar-refractivity contribution in [2.75, 3.05) is 19.9 Å². The summed E-state index contributed by atoms with van der Waals surface area (Å²) in [6, 6.07) is 11.9. The molecule has 0 bridgehead atoms. The molecule has 2 aliphatic rings. The van der Waals surface area contributed by atoms with Crippen LogP contribution in [0.25, 0.3) is 0 Å². The van der Waals surface area contributed by atoms with Gasteiger partial charge in [-0.2, -0.15) is 0 Å². The zero-order valence-corrected chi connectivity index (χ0v) is 16.2. The SMILES string of the molecule is Cc1ccc(OCC(O)CN2C(=O)NC(C)(c3ccc4c(c3)OCO4)C2=O)cc1. The smallest absolute Gasteiger partial charge is 0.325 e. The molecule has 1 saturated heterocycles. The van der Waals surface area contributed by atoms with Gasteiger partial charge in [0.25, 0.3) is 5.91 Å². The fourth-order valence-corrected chi connectivity index (χ4v) is 3.36. The van der Waals surface area contributed by atoms with Crippen LogP contribution in [0.1, 0.15) is 18.1 Å². The topological polar surface area (TPSA) is 97.3 Å². The van der Waals surface area contributed by atoms with E-state index in [9.17, 15) is 14.7 Å². The van der Waals surface area contributed by atoms with Crippen LogP contribution in [0.5, 0.6) is 17.2 Å². The molecule has 0 spiro atoms. The summed E-state index contributed by atoms with van der Waals surface area (Å²) in [5.74, 6) is 1.28. The molecule has 0 saturated carbocycles. The molecule has 0 aliphatic carbocycles. The van der Waals surface area contributed by atoms with Gasteiger partial charge in [0.15, 0.2) is 11.5 Å². The van der Waals surface area contributed by atoms with Crippen LogP contribution in [0.4, 0.5) is 4.79 Å². The lowest BCUT2D eigenvalue weighted by molar-refractivity contribution is -0.132. The van der Waals surface area contributed by atoms with Crippen molar-refractivity contribution in [1.29, 1.82) is 0 Å². The Kier molecular flexibility index (Phi) is 4.79. The van der Waals surface area contributed by atoms with Crippen molar-refractivity contribution >= 4 is 11.9 Å². The highest BCUT2D eigenvalue weighted by Crippen LogP contribution is 2.37. The highest BCUT2D eigenvalue weighted by Gasteiger charge is 2.49. The van der Waals surface area contributed by atoms with Gasteiger partial charge in [0.1, 0.15) is 24.0 Å². The molecule has 1 fully saturated rings. The molecule has 152 valence electrons. The molecule has 2 unspecified atom stereocenters. The Morgan fingerprint density at radius 2 is 1.90 bits per heavy atom. The van der Waals surface area contributed by atoms with Crippen molar-refractivity contribution in [2.24, 2.45) is 0 Å². The van der Waals surface area contributed by atoms with Gasteiger partial charge in [-0.3, -0.25) is 9.69 Å². The average Bonchev–Trinajstić information content (AvgIpc) is 3.26. The van der Waals surface area contributed by atoms with Crippen LogP contribution in [0, 0.1) is 6.92 Å². The van der Waals surface area contributed by atoms with Gasteiger partial charge in [-0.1, -0.05) is 23.8 Å². The van der Waals surface area contributed by atoms with E-state index in [0.717, 1.165) is 10.5 Å². The third-order valence-electron chi connectivity index (χ3n) is 5.08. The maximum absolute atomic E-state index is 13.0. The first-order valence-electron chi connectivity index (χ1n) is 9.28. The molecular weight excluding hydrogens is 376 g/mol. The molecular formula is C21H22N2O6. The van der Waals surface area contributed by atoms with Crippen LogP contribution in [0.2, 0.25) is 0 Å². The summed E-state index contributed by atoms with van der Waals surface area (Å²) in [4.78, 5) is 26.5. The summed E-state index contributed by atoms with van der Waals surface area (Å²) in [5.41, 5.74) is 0.420. The maximum atomic E-state index is 13.0.